The Hall–Kier alpha value is -1.30. The highest BCUT2D eigenvalue weighted by atomic mass is 32.2. The van der Waals surface area contributed by atoms with Gasteiger partial charge in [-0.05, 0) is 25.0 Å². The minimum Gasteiger partial charge on any atom is -0.457 e. The van der Waals surface area contributed by atoms with E-state index in [4.69, 9.17) is 9.15 Å². The Morgan fingerprint density at radius 3 is 2.76 bits per heavy atom. The molecule has 0 aromatic carbocycles. The zero-order chi connectivity index (χ0) is 12.5. The normalized spacial score (nSPS) is 24.8. The van der Waals surface area contributed by atoms with Gasteiger partial charge in [0.25, 0.3) is 0 Å². The first kappa shape index (κ1) is 12.2. The van der Waals surface area contributed by atoms with Gasteiger partial charge in [0.1, 0.15) is 15.9 Å². The molecule has 1 aliphatic rings. The van der Waals surface area contributed by atoms with Gasteiger partial charge in [-0.25, -0.2) is 13.2 Å². The Kier molecular flexibility index (Phi) is 3.24. The van der Waals surface area contributed by atoms with Crippen molar-refractivity contribution in [2.24, 2.45) is 0 Å². The molecule has 0 radical (unpaired) electrons. The third-order valence-corrected chi connectivity index (χ3v) is 4.58. The van der Waals surface area contributed by atoms with Crippen LogP contribution in [0.5, 0.6) is 0 Å². The molecule has 2 atom stereocenters. The van der Waals surface area contributed by atoms with E-state index in [-0.39, 0.29) is 11.9 Å². The Morgan fingerprint density at radius 1 is 1.47 bits per heavy atom. The smallest absolute Gasteiger partial charge is 0.374 e. The number of hydrogen-bond donors (Lipinski definition) is 0. The largest absolute Gasteiger partial charge is 0.457 e. The molecule has 1 aliphatic carbocycles. The molecular weight excluding hydrogens is 244 g/mol. The third kappa shape index (κ3) is 2.88. The van der Waals surface area contributed by atoms with Crippen molar-refractivity contribution in [2.75, 3.05) is 6.26 Å². The van der Waals surface area contributed by atoms with Crippen LogP contribution in [0.1, 0.15) is 29.8 Å². The summed E-state index contributed by atoms with van der Waals surface area (Å²) in [5.74, 6) is -0.387. The maximum atomic E-state index is 11.6. The van der Waals surface area contributed by atoms with Crippen molar-refractivity contribution >= 4 is 15.8 Å². The summed E-state index contributed by atoms with van der Waals surface area (Å²) in [4.78, 5) is 11.6. The van der Waals surface area contributed by atoms with Crippen molar-refractivity contribution in [1.82, 2.24) is 0 Å². The molecule has 1 fully saturated rings. The van der Waals surface area contributed by atoms with E-state index in [9.17, 15) is 13.2 Å². The maximum absolute atomic E-state index is 11.6. The molecule has 5 nitrogen and oxygen atoms in total. The summed E-state index contributed by atoms with van der Waals surface area (Å²) in [6.07, 6.45) is 3.80. The quantitative estimate of drug-likeness (QED) is 0.766. The molecule has 6 heteroatoms. The van der Waals surface area contributed by atoms with Crippen molar-refractivity contribution in [2.45, 2.75) is 30.6 Å². The second-order valence-electron chi connectivity index (χ2n) is 4.27. The predicted octanol–water partition coefficient (Wildman–Crippen LogP) is 1.40. The van der Waals surface area contributed by atoms with Crippen molar-refractivity contribution in [1.29, 1.82) is 0 Å². The zero-order valence-corrected chi connectivity index (χ0v) is 10.3. The van der Waals surface area contributed by atoms with Crippen molar-refractivity contribution in [3.8, 4) is 0 Å². The topological polar surface area (TPSA) is 73.6 Å². The van der Waals surface area contributed by atoms with E-state index >= 15 is 0 Å². The van der Waals surface area contributed by atoms with Gasteiger partial charge in [0.2, 0.25) is 5.76 Å². The molecule has 1 aromatic heterocycles. The molecule has 0 spiro atoms. The monoisotopic (exact) mass is 258 g/mol. The van der Waals surface area contributed by atoms with Gasteiger partial charge in [0, 0.05) is 12.7 Å². The molecule has 1 saturated carbocycles. The average molecular weight is 258 g/mol. The Morgan fingerprint density at radius 2 is 2.24 bits per heavy atom. The fourth-order valence-electron chi connectivity index (χ4n) is 2.00. The summed E-state index contributed by atoms with van der Waals surface area (Å²) < 4.78 is 32.8. The van der Waals surface area contributed by atoms with Gasteiger partial charge < -0.3 is 9.15 Å². The van der Waals surface area contributed by atoms with Crippen molar-refractivity contribution in [3.05, 3.63) is 24.2 Å². The first-order chi connectivity index (χ1) is 7.97. The Balaban J connectivity index is 1.93. The predicted molar refractivity (Wildman–Crippen MR) is 60.4 cm³/mol. The summed E-state index contributed by atoms with van der Waals surface area (Å²) in [5, 5.41) is -0.392. The van der Waals surface area contributed by atoms with Gasteiger partial charge in [0.15, 0.2) is 0 Å². The van der Waals surface area contributed by atoms with Crippen LogP contribution in [-0.2, 0) is 14.6 Å². The van der Waals surface area contributed by atoms with E-state index < -0.39 is 21.1 Å². The number of hydrogen-bond acceptors (Lipinski definition) is 5. The molecule has 1 aromatic rings. The first-order valence-electron chi connectivity index (χ1n) is 5.40. The van der Waals surface area contributed by atoms with Crippen molar-refractivity contribution in [3.63, 3.8) is 0 Å². The van der Waals surface area contributed by atoms with Crippen LogP contribution in [0, 0.1) is 0 Å². The number of carbonyl (C=O) groups excluding carboxylic acids is 1. The van der Waals surface area contributed by atoms with Crippen LogP contribution in [0.25, 0.3) is 0 Å². The Labute approximate surface area is 99.7 Å². The Bertz CT molecular complexity index is 488. The van der Waals surface area contributed by atoms with Gasteiger partial charge in [0.05, 0.1) is 11.5 Å². The molecule has 17 heavy (non-hydrogen) atoms. The van der Waals surface area contributed by atoms with Gasteiger partial charge >= 0.3 is 5.97 Å². The molecule has 0 aliphatic heterocycles. The average Bonchev–Trinajstić information content (AvgIpc) is 2.85. The number of ether oxygens (including phenoxy) is 1. The van der Waals surface area contributed by atoms with Crippen LogP contribution >= 0.6 is 0 Å². The molecule has 2 rings (SSSR count). The summed E-state index contributed by atoms with van der Waals surface area (Å²) in [6, 6.07) is 3.12. The SMILES string of the molecule is CS(=O)(=O)[C@@H]1CC[C@@H](OC(=O)c2ccco2)C1. The maximum Gasteiger partial charge on any atom is 0.374 e. The summed E-state index contributed by atoms with van der Waals surface area (Å²) >= 11 is 0. The van der Waals surface area contributed by atoms with E-state index in [2.05, 4.69) is 0 Å². The number of furan rings is 1. The van der Waals surface area contributed by atoms with E-state index in [1.165, 1.54) is 18.6 Å². The molecule has 94 valence electrons. The second-order valence-corrected chi connectivity index (χ2v) is 6.59. The van der Waals surface area contributed by atoms with Crippen LogP contribution in [0.15, 0.2) is 22.8 Å². The third-order valence-electron chi connectivity index (χ3n) is 2.94. The van der Waals surface area contributed by atoms with Crippen LogP contribution in [0.4, 0.5) is 0 Å². The van der Waals surface area contributed by atoms with E-state index in [0.29, 0.717) is 19.3 Å². The molecule has 0 N–H and O–H groups in total. The van der Waals surface area contributed by atoms with Crippen molar-refractivity contribution < 1.29 is 22.4 Å². The minimum absolute atomic E-state index is 0.146. The fraction of sp³-hybridized carbons (Fsp3) is 0.545. The standard InChI is InChI=1S/C11H14O5S/c1-17(13,14)9-5-4-8(7-9)16-11(12)10-3-2-6-15-10/h2-3,6,8-9H,4-5,7H2,1H3/t8-,9-/m1/s1. The number of sulfone groups is 1. The lowest BCUT2D eigenvalue weighted by molar-refractivity contribution is 0.0282. The van der Waals surface area contributed by atoms with Crippen LogP contribution < -0.4 is 0 Å². The van der Waals surface area contributed by atoms with Gasteiger partial charge in [-0.3, -0.25) is 0 Å². The lowest BCUT2D eigenvalue weighted by Crippen LogP contribution is -2.20. The van der Waals surface area contributed by atoms with Gasteiger partial charge in [-0.15, -0.1) is 0 Å². The molecule has 0 unspecified atom stereocenters. The fourth-order valence-corrected chi connectivity index (χ4v) is 3.13. The highest BCUT2D eigenvalue weighted by molar-refractivity contribution is 7.91. The highest BCUT2D eigenvalue weighted by Crippen LogP contribution is 2.27. The van der Waals surface area contributed by atoms with E-state index in [1.807, 2.05) is 0 Å². The van der Waals surface area contributed by atoms with Crippen LogP contribution in [0.3, 0.4) is 0 Å². The molecule has 1 heterocycles. The summed E-state index contributed by atoms with van der Waals surface area (Å²) in [7, 11) is -3.04. The molecule has 0 amide bonds. The van der Waals surface area contributed by atoms with Gasteiger partial charge in [-0.2, -0.15) is 0 Å². The minimum atomic E-state index is -3.04. The van der Waals surface area contributed by atoms with Crippen LogP contribution in [-0.4, -0.2) is 32.0 Å². The summed E-state index contributed by atoms with van der Waals surface area (Å²) in [5.41, 5.74) is 0. The van der Waals surface area contributed by atoms with Gasteiger partial charge in [-0.1, -0.05) is 0 Å². The molecular formula is C11H14O5S. The first-order valence-corrected chi connectivity index (χ1v) is 7.35. The van der Waals surface area contributed by atoms with E-state index in [0.717, 1.165) is 0 Å². The zero-order valence-electron chi connectivity index (χ0n) is 9.46. The summed E-state index contributed by atoms with van der Waals surface area (Å²) in [6.45, 7) is 0. The molecule has 0 bridgehead atoms. The number of rotatable bonds is 3. The highest BCUT2D eigenvalue weighted by Gasteiger charge is 2.34. The van der Waals surface area contributed by atoms with Crippen LogP contribution in [0.2, 0.25) is 0 Å². The number of esters is 1. The lowest BCUT2D eigenvalue weighted by atomic mass is 10.3. The van der Waals surface area contributed by atoms with E-state index in [1.54, 1.807) is 6.07 Å². The second kappa shape index (κ2) is 4.52. The lowest BCUT2D eigenvalue weighted by Gasteiger charge is -2.10. The number of carbonyl (C=O) groups is 1. The molecule has 0 saturated heterocycles.